The summed E-state index contributed by atoms with van der Waals surface area (Å²) < 4.78 is 0. The van der Waals surface area contributed by atoms with Gasteiger partial charge in [0, 0.05) is 5.56 Å². The number of benzene rings is 1. The van der Waals surface area contributed by atoms with Crippen molar-refractivity contribution in [3.63, 3.8) is 0 Å². The van der Waals surface area contributed by atoms with Gasteiger partial charge in [-0.2, -0.15) is 5.26 Å². The Bertz CT molecular complexity index is 492. The first-order chi connectivity index (χ1) is 8.67. The van der Waals surface area contributed by atoms with E-state index in [1.807, 2.05) is 12.1 Å². The molecule has 0 aromatic heterocycles. The predicted molar refractivity (Wildman–Crippen MR) is 68.2 cm³/mol. The van der Waals surface area contributed by atoms with Crippen LogP contribution >= 0.6 is 11.6 Å². The van der Waals surface area contributed by atoms with Gasteiger partial charge < -0.3 is 0 Å². The van der Waals surface area contributed by atoms with E-state index in [9.17, 15) is 4.79 Å². The second-order valence-corrected chi connectivity index (χ2v) is 4.10. The van der Waals surface area contributed by atoms with E-state index < -0.39 is 5.91 Å². The SMILES string of the molecule is N#CC(Cl)=CCCCc1cccc(C(=O)NO)c1. The molecule has 0 heterocycles. The van der Waals surface area contributed by atoms with Crippen LogP contribution in [0.25, 0.3) is 0 Å². The number of halogens is 1. The Labute approximate surface area is 110 Å². The first-order valence-electron chi connectivity index (χ1n) is 5.46. The standard InChI is InChI=1S/C13H13ClN2O2/c14-12(9-15)7-2-1-4-10-5-3-6-11(8-10)13(17)16-18/h3,5-8,18H,1-2,4H2,(H,16,17). The van der Waals surface area contributed by atoms with E-state index in [2.05, 4.69) is 0 Å². The average molecular weight is 265 g/mol. The number of carbonyl (C=O) groups excluding carboxylic acids is 1. The maximum atomic E-state index is 11.2. The summed E-state index contributed by atoms with van der Waals surface area (Å²) in [5.74, 6) is -0.524. The van der Waals surface area contributed by atoms with Crippen molar-refractivity contribution in [3.8, 4) is 6.07 Å². The number of hydrogen-bond donors (Lipinski definition) is 2. The van der Waals surface area contributed by atoms with Gasteiger partial charge in [0.2, 0.25) is 0 Å². The van der Waals surface area contributed by atoms with Crippen molar-refractivity contribution in [3.05, 3.63) is 46.5 Å². The lowest BCUT2D eigenvalue weighted by molar-refractivity contribution is 0.0706. The average Bonchev–Trinajstić information content (AvgIpc) is 2.42. The fourth-order valence-electron chi connectivity index (χ4n) is 1.51. The maximum absolute atomic E-state index is 11.2. The Morgan fingerprint density at radius 2 is 2.33 bits per heavy atom. The van der Waals surface area contributed by atoms with E-state index in [0.717, 1.165) is 18.4 Å². The summed E-state index contributed by atoms with van der Waals surface area (Å²) in [4.78, 5) is 11.2. The van der Waals surface area contributed by atoms with E-state index in [1.165, 1.54) is 0 Å². The molecule has 2 N–H and O–H groups in total. The predicted octanol–water partition coefficient (Wildman–Crippen LogP) is 2.77. The highest BCUT2D eigenvalue weighted by atomic mass is 35.5. The Morgan fingerprint density at radius 1 is 1.56 bits per heavy atom. The molecule has 1 rings (SSSR count). The van der Waals surface area contributed by atoms with Crippen LogP contribution in [0.2, 0.25) is 0 Å². The lowest BCUT2D eigenvalue weighted by Crippen LogP contribution is -2.18. The number of nitriles is 1. The molecule has 94 valence electrons. The number of carbonyl (C=O) groups is 1. The molecule has 4 nitrogen and oxygen atoms in total. The third-order valence-corrected chi connectivity index (χ3v) is 2.63. The first kappa shape index (κ1) is 14.2. The molecule has 0 atom stereocenters. The molecule has 0 saturated heterocycles. The van der Waals surface area contributed by atoms with E-state index in [-0.39, 0.29) is 5.03 Å². The summed E-state index contributed by atoms with van der Waals surface area (Å²) in [6, 6.07) is 8.86. The van der Waals surface area contributed by atoms with Crippen LogP contribution in [0.5, 0.6) is 0 Å². The molecule has 1 aromatic carbocycles. The fraction of sp³-hybridized carbons (Fsp3) is 0.231. The van der Waals surface area contributed by atoms with Crippen molar-refractivity contribution < 1.29 is 10.0 Å². The van der Waals surface area contributed by atoms with Crippen LogP contribution < -0.4 is 5.48 Å². The van der Waals surface area contributed by atoms with Crippen LogP contribution in [0.4, 0.5) is 0 Å². The monoisotopic (exact) mass is 264 g/mol. The summed E-state index contributed by atoms with van der Waals surface area (Å²) in [5, 5.41) is 17.2. The molecule has 1 aromatic rings. The van der Waals surface area contributed by atoms with Crippen molar-refractivity contribution in [1.82, 2.24) is 5.48 Å². The second kappa shape index (κ2) is 7.49. The number of allylic oxidation sites excluding steroid dienone is 2. The molecule has 0 fully saturated rings. The Kier molecular flexibility index (Phi) is 5.92. The van der Waals surface area contributed by atoms with Crippen LogP contribution in [-0.2, 0) is 6.42 Å². The molecular formula is C13H13ClN2O2. The smallest absolute Gasteiger partial charge is 0.274 e. The van der Waals surface area contributed by atoms with E-state index >= 15 is 0 Å². The topological polar surface area (TPSA) is 73.1 Å². The molecule has 5 heteroatoms. The summed E-state index contributed by atoms with van der Waals surface area (Å²) in [7, 11) is 0. The summed E-state index contributed by atoms with van der Waals surface area (Å²) in [6.45, 7) is 0. The zero-order chi connectivity index (χ0) is 13.4. The highest BCUT2D eigenvalue weighted by Crippen LogP contribution is 2.10. The van der Waals surface area contributed by atoms with Crippen molar-refractivity contribution in [2.24, 2.45) is 0 Å². The molecule has 1 amide bonds. The number of unbranched alkanes of at least 4 members (excludes halogenated alkanes) is 1. The molecule has 18 heavy (non-hydrogen) atoms. The normalized spacial score (nSPS) is 10.8. The van der Waals surface area contributed by atoms with Crippen LogP contribution in [0, 0.1) is 11.3 Å². The van der Waals surface area contributed by atoms with E-state index in [0.29, 0.717) is 12.0 Å². The quantitative estimate of drug-likeness (QED) is 0.372. The van der Waals surface area contributed by atoms with Gasteiger partial charge >= 0.3 is 0 Å². The van der Waals surface area contributed by atoms with Gasteiger partial charge in [0.1, 0.15) is 11.1 Å². The molecule has 0 bridgehead atoms. The fourth-order valence-corrected chi connectivity index (χ4v) is 1.62. The second-order valence-electron chi connectivity index (χ2n) is 3.70. The highest BCUT2D eigenvalue weighted by Gasteiger charge is 2.04. The molecule has 0 radical (unpaired) electrons. The molecular weight excluding hydrogens is 252 g/mol. The van der Waals surface area contributed by atoms with Crippen LogP contribution in [-0.4, -0.2) is 11.1 Å². The molecule has 0 unspecified atom stereocenters. The molecule has 0 aliphatic carbocycles. The van der Waals surface area contributed by atoms with Crippen LogP contribution in [0.3, 0.4) is 0 Å². The van der Waals surface area contributed by atoms with Gasteiger partial charge in [-0.3, -0.25) is 10.0 Å². The van der Waals surface area contributed by atoms with Crippen molar-refractivity contribution >= 4 is 17.5 Å². The minimum atomic E-state index is -0.524. The van der Waals surface area contributed by atoms with Gasteiger partial charge in [-0.25, -0.2) is 5.48 Å². The number of hydroxylamine groups is 1. The Balaban J connectivity index is 2.53. The zero-order valence-electron chi connectivity index (χ0n) is 9.69. The van der Waals surface area contributed by atoms with Gasteiger partial charge in [-0.05, 0) is 37.0 Å². The zero-order valence-corrected chi connectivity index (χ0v) is 10.4. The molecule has 0 aliphatic heterocycles. The Hall–Kier alpha value is -1.83. The van der Waals surface area contributed by atoms with Gasteiger partial charge in [0.05, 0.1) is 0 Å². The largest absolute Gasteiger partial charge is 0.288 e. The van der Waals surface area contributed by atoms with Crippen molar-refractivity contribution in [2.45, 2.75) is 19.3 Å². The van der Waals surface area contributed by atoms with E-state index in [1.54, 1.807) is 29.8 Å². The highest BCUT2D eigenvalue weighted by molar-refractivity contribution is 6.31. The van der Waals surface area contributed by atoms with Crippen LogP contribution in [0.15, 0.2) is 35.4 Å². The molecule has 0 spiro atoms. The summed E-state index contributed by atoms with van der Waals surface area (Å²) in [5.41, 5.74) is 3.01. The number of aryl methyl sites for hydroxylation is 1. The molecule has 0 aliphatic rings. The minimum absolute atomic E-state index is 0.198. The number of rotatable bonds is 5. The third kappa shape index (κ3) is 4.58. The van der Waals surface area contributed by atoms with Gasteiger partial charge in [-0.15, -0.1) is 0 Å². The number of amides is 1. The summed E-state index contributed by atoms with van der Waals surface area (Å²) >= 11 is 5.55. The number of nitrogens with one attached hydrogen (secondary N) is 1. The summed E-state index contributed by atoms with van der Waals surface area (Å²) in [6.07, 6.45) is 4.00. The van der Waals surface area contributed by atoms with Gasteiger partial charge in [-0.1, -0.05) is 29.8 Å². The lowest BCUT2D eigenvalue weighted by Gasteiger charge is -2.03. The number of nitrogens with zero attached hydrogens (tertiary/aromatic N) is 1. The maximum Gasteiger partial charge on any atom is 0.274 e. The van der Waals surface area contributed by atoms with Crippen molar-refractivity contribution in [1.29, 1.82) is 5.26 Å². The van der Waals surface area contributed by atoms with Crippen molar-refractivity contribution in [2.75, 3.05) is 0 Å². The molecule has 0 saturated carbocycles. The van der Waals surface area contributed by atoms with Crippen LogP contribution in [0.1, 0.15) is 28.8 Å². The first-order valence-corrected chi connectivity index (χ1v) is 5.84. The lowest BCUT2D eigenvalue weighted by atomic mass is 10.0. The third-order valence-electron chi connectivity index (χ3n) is 2.39. The van der Waals surface area contributed by atoms with E-state index in [4.69, 9.17) is 22.1 Å². The van der Waals surface area contributed by atoms with Gasteiger partial charge in [0.15, 0.2) is 0 Å². The number of hydrogen-bond acceptors (Lipinski definition) is 3. The minimum Gasteiger partial charge on any atom is -0.288 e. The Morgan fingerprint density at radius 3 is 3.00 bits per heavy atom. The van der Waals surface area contributed by atoms with Gasteiger partial charge in [0.25, 0.3) is 5.91 Å².